The average molecular weight is 312 g/mol. The Morgan fingerprint density at radius 1 is 1.09 bits per heavy atom. The molecule has 0 saturated carbocycles. The van der Waals surface area contributed by atoms with Crippen LogP contribution in [-0.4, -0.2) is 29.0 Å². The van der Waals surface area contributed by atoms with Crippen molar-refractivity contribution in [2.45, 2.75) is 27.2 Å². The fraction of sp³-hybridized carbons (Fsp3) is 0.389. The molecule has 0 radical (unpaired) electrons. The normalized spacial score (nSPS) is 11.1. The molecule has 2 N–H and O–H groups in total. The van der Waals surface area contributed by atoms with E-state index >= 15 is 0 Å². The quantitative estimate of drug-likeness (QED) is 0.805. The van der Waals surface area contributed by atoms with E-state index in [1.165, 1.54) is 5.56 Å². The van der Waals surface area contributed by atoms with Crippen molar-refractivity contribution in [3.63, 3.8) is 0 Å². The predicted octanol–water partition coefficient (Wildman–Crippen LogP) is 2.64. The minimum atomic E-state index is -0.363. The molecule has 0 fully saturated rings. The van der Waals surface area contributed by atoms with Crippen molar-refractivity contribution in [2.24, 2.45) is 5.41 Å². The SMILES string of the molecule is CC(C)(C)C(=O)NCCNc1ccnc(Cc2ccccc2)n1. The second-order valence-electron chi connectivity index (χ2n) is 6.45. The maximum atomic E-state index is 11.8. The molecule has 0 aliphatic carbocycles. The fourth-order valence-corrected chi connectivity index (χ4v) is 1.99. The van der Waals surface area contributed by atoms with Crippen LogP contribution in [0.25, 0.3) is 0 Å². The summed E-state index contributed by atoms with van der Waals surface area (Å²) < 4.78 is 0. The Labute approximate surface area is 137 Å². The number of carbonyl (C=O) groups excluding carboxylic acids is 1. The van der Waals surface area contributed by atoms with E-state index in [1.807, 2.05) is 45.0 Å². The number of carbonyl (C=O) groups is 1. The maximum Gasteiger partial charge on any atom is 0.225 e. The summed E-state index contributed by atoms with van der Waals surface area (Å²) in [6, 6.07) is 12.0. The van der Waals surface area contributed by atoms with E-state index in [1.54, 1.807) is 6.20 Å². The van der Waals surface area contributed by atoms with E-state index in [2.05, 4.69) is 32.7 Å². The van der Waals surface area contributed by atoms with E-state index < -0.39 is 0 Å². The number of nitrogens with one attached hydrogen (secondary N) is 2. The highest BCUT2D eigenvalue weighted by Gasteiger charge is 2.20. The molecule has 2 aromatic rings. The van der Waals surface area contributed by atoms with Crippen LogP contribution in [0.2, 0.25) is 0 Å². The Morgan fingerprint density at radius 2 is 1.83 bits per heavy atom. The van der Waals surface area contributed by atoms with Crippen LogP contribution < -0.4 is 10.6 Å². The molecule has 122 valence electrons. The van der Waals surface area contributed by atoms with Gasteiger partial charge in [0, 0.05) is 31.1 Å². The lowest BCUT2D eigenvalue weighted by atomic mass is 9.96. The molecule has 0 aliphatic rings. The van der Waals surface area contributed by atoms with Crippen LogP contribution >= 0.6 is 0 Å². The molecule has 5 heteroatoms. The molecule has 1 amide bonds. The van der Waals surface area contributed by atoms with Gasteiger partial charge in [-0.05, 0) is 11.6 Å². The average Bonchev–Trinajstić information content (AvgIpc) is 2.52. The third-order valence-electron chi connectivity index (χ3n) is 3.31. The second kappa shape index (κ2) is 7.72. The largest absolute Gasteiger partial charge is 0.368 e. The van der Waals surface area contributed by atoms with Crippen molar-refractivity contribution in [2.75, 3.05) is 18.4 Å². The minimum absolute atomic E-state index is 0.0479. The van der Waals surface area contributed by atoms with Crippen LogP contribution in [0.15, 0.2) is 42.6 Å². The first-order valence-corrected chi connectivity index (χ1v) is 7.83. The Balaban J connectivity index is 1.82. The molecular formula is C18H24N4O. The number of benzene rings is 1. The molecule has 0 spiro atoms. The van der Waals surface area contributed by atoms with Gasteiger partial charge in [0.05, 0.1) is 0 Å². The van der Waals surface area contributed by atoms with Crippen LogP contribution in [0.1, 0.15) is 32.2 Å². The zero-order chi connectivity index (χ0) is 16.7. The monoisotopic (exact) mass is 312 g/mol. The van der Waals surface area contributed by atoms with Gasteiger partial charge in [0.1, 0.15) is 11.6 Å². The number of aromatic nitrogens is 2. The van der Waals surface area contributed by atoms with Gasteiger partial charge in [0.25, 0.3) is 0 Å². The second-order valence-corrected chi connectivity index (χ2v) is 6.45. The van der Waals surface area contributed by atoms with Gasteiger partial charge < -0.3 is 10.6 Å². The van der Waals surface area contributed by atoms with E-state index in [9.17, 15) is 4.79 Å². The van der Waals surface area contributed by atoms with E-state index in [-0.39, 0.29) is 11.3 Å². The molecule has 5 nitrogen and oxygen atoms in total. The number of nitrogens with zero attached hydrogens (tertiary/aromatic N) is 2. The molecule has 1 aromatic heterocycles. The molecule has 23 heavy (non-hydrogen) atoms. The molecule has 0 aliphatic heterocycles. The number of amides is 1. The van der Waals surface area contributed by atoms with Gasteiger partial charge in [0.15, 0.2) is 0 Å². The number of anilines is 1. The highest BCUT2D eigenvalue weighted by molar-refractivity contribution is 5.81. The Morgan fingerprint density at radius 3 is 2.52 bits per heavy atom. The third-order valence-corrected chi connectivity index (χ3v) is 3.31. The van der Waals surface area contributed by atoms with Crippen LogP contribution in [0.4, 0.5) is 5.82 Å². The molecule has 1 aromatic carbocycles. The van der Waals surface area contributed by atoms with Crippen LogP contribution in [0, 0.1) is 5.41 Å². The fourth-order valence-electron chi connectivity index (χ4n) is 1.99. The first-order chi connectivity index (χ1) is 10.9. The van der Waals surface area contributed by atoms with Gasteiger partial charge >= 0.3 is 0 Å². The number of hydrogen-bond donors (Lipinski definition) is 2. The molecule has 0 saturated heterocycles. The van der Waals surface area contributed by atoms with Gasteiger partial charge in [-0.1, -0.05) is 51.1 Å². The van der Waals surface area contributed by atoms with E-state index in [4.69, 9.17) is 0 Å². The molecule has 1 heterocycles. The van der Waals surface area contributed by atoms with E-state index in [0.29, 0.717) is 19.5 Å². The first kappa shape index (κ1) is 16.9. The van der Waals surface area contributed by atoms with Gasteiger partial charge in [-0.15, -0.1) is 0 Å². The lowest BCUT2D eigenvalue weighted by molar-refractivity contribution is -0.128. The van der Waals surface area contributed by atoms with Crippen LogP contribution in [-0.2, 0) is 11.2 Å². The number of rotatable bonds is 6. The van der Waals surface area contributed by atoms with Crippen molar-refractivity contribution >= 4 is 11.7 Å². The minimum Gasteiger partial charge on any atom is -0.368 e. The van der Waals surface area contributed by atoms with Crippen molar-refractivity contribution in [1.82, 2.24) is 15.3 Å². The van der Waals surface area contributed by atoms with Gasteiger partial charge in [-0.3, -0.25) is 4.79 Å². The first-order valence-electron chi connectivity index (χ1n) is 7.83. The molecule has 0 atom stereocenters. The standard InChI is InChI=1S/C18H24N4O/c1-18(2,3)17(23)21-12-11-20-15-9-10-19-16(22-15)13-14-7-5-4-6-8-14/h4-10H,11-13H2,1-3H3,(H,21,23)(H,19,20,22). The molecule has 0 bridgehead atoms. The number of hydrogen-bond acceptors (Lipinski definition) is 4. The highest BCUT2D eigenvalue weighted by Crippen LogP contribution is 2.12. The summed E-state index contributed by atoms with van der Waals surface area (Å²) in [4.78, 5) is 20.6. The summed E-state index contributed by atoms with van der Waals surface area (Å²) in [6.07, 6.45) is 2.46. The lowest BCUT2D eigenvalue weighted by Gasteiger charge is -2.17. The zero-order valence-electron chi connectivity index (χ0n) is 14.0. The summed E-state index contributed by atoms with van der Waals surface area (Å²) in [5.74, 6) is 1.60. The van der Waals surface area contributed by atoms with Crippen LogP contribution in [0.3, 0.4) is 0 Å². The van der Waals surface area contributed by atoms with Crippen molar-refractivity contribution < 1.29 is 4.79 Å². The topological polar surface area (TPSA) is 66.9 Å². The zero-order valence-corrected chi connectivity index (χ0v) is 14.0. The Hall–Kier alpha value is -2.43. The Kier molecular flexibility index (Phi) is 5.68. The van der Waals surface area contributed by atoms with Gasteiger partial charge in [0.2, 0.25) is 5.91 Å². The molecule has 0 unspecified atom stereocenters. The highest BCUT2D eigenvalue weighted by atomic mass is 16.2. The third kappa shape index (κ3) is 5.70. The molecular weight excluding hydrogens is 288 g/mol. The summed E-state index contributed by atoms with van der Waals surface area (Å²) in [5, 5.41) is 6.11. The predicted molar refractivity (Wildman–Crippen MR) is 92.2 cm³/mol. The summed E-state index contributed by atoms with van der Waals surface area (Å²) in [7, 11) is 0. The molecule has 2 rings (SSSR count). The van der Waals surface area contributed by atoms with Gasteiger partial charge in [-0.2, -0.15) is 0 Å². The smallest absolute Gasteiger partial charge is 0.225 e. The maximum absolute atomic E-state index is 11.8. The summed E-state index contributed by atoms with van der Waals surface area (Å²) in [6.45, 7) is 6.89. The summed E-state index contributed by atoms with van der Waals surface area (Å²) >= 11 is 0. The van der Waals surface area contributed by atoms with Crippen molar-refractivity contribution in [3.8, 4) is 0 Å². The van der Waals surface area contributed by atoms with Crippen LogP contribution in [0.5, 0.6) is 0 Å². The summed E-state index contributed by atoms with van der Waals surface area (Å²) in [5.41, 5.74) is 0.819. The van der Waals surface area contributed by atoms with E-state index in [0.717, 1.165) is 11.6 Å². The van der Waals surface area contributed by atoms with Gasteiger partial charge in [-0.25, -0.2) is 9.97 Å². The Bertz CT molecular complexity index is 635. The van der Waals surface area contributed by atoms with Crippen molar-refractivity contribution in [1.29, 1.82) is 0 Å². The lowest BCUT2D eigenvalue weighted by Crippen LogP contribution is -2.37. The van der Waals surface area contributed by atoms with Crippen molar-refractivity contribution in [3.05, 3.63) is 54.0 Å².